The SMILES string of the molecule is C.CCCC(CC)C(O)C(C)=O. The second-order valence-corrected chi connectivity index (χ2v) is 3.01. The van der Waals surface area contributed by atoms with Crippen molar-refractivity contribution in [2.45, 2.75) is 53.6 Å². The van der Waals surface area contributed by atoms with Crippen LogP contribution in [0, 0.1) is 5.92 Å². The molecule has 1 N–H and O–H groups in total. The number of rotatable bonds is 5. The second kappa shape index (κ2) is 7.29. The third-order valence-corrected chi connectivity index (χ3v) is 2.05. The van der Waals surface area contributed by atoms with Crippen LogP contribution in [0.1, 0.15) is 47.5 Å². The first-order valence-electron chi connectivity index (χ1n) is 4.32. The van der Waals surface area contributed by atoms with Crippen molar-refractivity contribution in [2.24, 2.45) is 5.92 Å². The number of ketones is 1. The van der Waals surface area contributed by atoms with Gasteiger partial charge < -0.3 is 5.11 Å². The highest BCUT2D eigenvalue weighted by atomic mass is 16.3. The highest BCUT2D eigenvalue weighted by molar-refractivity contribution is 5.80. The molecular weight excluding hydrogens is 152 g/mol. The van der Waals surface area contributed by atoms with E-state index in [0.29, 0.717) is 0 Å². The van der Waals surface area contributed by atoms with Crippen LogP contribution in [0.3, 0.4) is 0 Å². The number of hydrogen-bond acceptors (Lipinski definition) is 2. The molecule has 0 rings (SSSR count). The van der Waals surface area contributed by atoms with E-state index >= 15 is 0 Å². The molecule has 0 aliphatic heterocycles. The van der Waals surface area contributed by atoms with E-state index in [2.05, 4.69) is 6.92 Å². The topological polar surface area (TPSA) is 37.3 Å². The van der Waals surface area contributed by atoms with Crippen molar-refractivity contribution >= 4 is 5.78 Å². The monoisotopic (exact) mass is 174 g/mol. The minimum atomic E-state index is -0.736. The maximum Gasteiger partial charge on any atom is 0.158 e. The quantitative estimate of drug-likeness (QED) is 0.695. The van der Waals surface area contributed by atoms with Crippen molar-refractivity contribution in [3.8, 4) is 0 Å². The summed E-state index contributed by atoms with van der Waals surface area (Å²) in [7, 11) is 0. The fourth-order valence-corrected chi connectivity index (χ4v) is 1.29. The second-order valence-electron chi connectivity index (χ2n) is 3.01. The molecule has 0 aliphatic rings. The van der Waals surface area contributed by atoms with Crippen molar-refractivity contribution in [2.75, 3.05) is 0 Å². The van der Waals surface area contributed by atoms with Crippen LogP contribution in [0.15, 0.2) is 0 Å². The highest BCUT2D eigenvalue weighted by Crippen LogP contribution is 2.15. The molecule has 0 amide bonds. The summed E-state index contributed by atoms with van der Waals surface area (Å²) >= 11 is 0. The smallest absolute Gasteiger partial charge is 0.158 e. The van der Waals surface area contributed by atoms with Gasteiger partial charge in [0.25, 0.3) is 0 Å². The number of aliphatic hydroxyl groups is 1. The largest absolute Gasteiger partial charge is 0.385 e. The molecule has 0 aliphatic carbocycles. The van der Waals surface area contributed by atoms with Gasteiger partial charge in [-0.05, 0) is 19.3 Å². The normalized spacial score (nSPS) is 14.7. The summed E-state index contributed by atoms with van der Waals surface area (Å²) in [6.45, 7) is 5.52. The predicted molar refractivity (Wildman–Crippen MR) is 52.1 cm³/mol. The van der Waals surface area contributed by atoms with Crippen molar-refractivity contribution in [1.82, 2.24) is 0 Å². The summed E-state index contributed by atoms with van der Waals surface area (Å²) in [5.74, 6) is 0.0581. The van der Waals surface area contributed by atoms with E-state index in [4.69, 9.17) is 0 Å². The third kappa shape index (κ3) is 4.50. The van der Waals surface area contributed by atoms with E-state index in [1.54, 1.807) is 0 Å². The first kappa shape index (κ1) is 14.2. The number of carbonyl (C=O) groups is 1. The molecule has 74 valence electrons. The molecule has 0 saturated heterocycles. The zero-order valence-electron chi connectivity index (χ0n) is 7.63. The Kier molecular flexibility index (Phi) is 8.61. The van der Waals surface area contributed by atoms with E-state index < -0.39 is 6.10 Å². The number of hydrogen-bond donors (Lipinski definition) is 1. The summed E-state index contributed by atoms with van der Waals surface area (Å²) in [5.41, 5.74) is 0. The lowest BCUT2D eigenvalue weighted by molar-refractivity contribution is -0.127. The molecule has 2 atom stereocenters. The van der Waals surface area contributed by atoms with Gasteiger partial charge in [-0.15, -0.1) is 0 Å². The average Bonchev–Trinajstić information content (AvgIpc) is 1.98. The van der Waals surface area contributed by atoms with E-state index in [-0.39, 0.29) is 19.1 Å². The summed E-state index contributed by atoms with van der Waals surface area (Å²) in [6.07, 6.45) is 2.12. The maximum absolute atomic E-state index is 10.8. The highest BCUT2D eigenvalue weighted by Gasteiger charge is 2.19. The molecule has 0 bridgehead atoms. The average molecular weight is 174 g/mol. The van der Waals surface area contributed by atoms with Gasteiger partial charge in [0.15, 0.2) is 5.78 Å². The summed E-state index contributed by atoms with van der Waals surface area (Å²) in [6, 6.07) is 0. The van der Waals surface area contributed by atoms with Gasteiger partial charge in [0.2, 0.25) is 0 Å². The summed E-state index contributed by atoms with van der Waals surface area (Å²) in [5, 5.41) is 9.37. The Morgan fingerprint density at radius 2 is 1.92 bits per heavy atom. The van der Waals surface area contributed by atoms with Gasteiger partial charge in [-0.1, -0.05) is 34.1 Å². The number of carbonyl (C=O) groups excluding carboxylic acids is 1. The van der Waals surface area contributed by atoms with Gasteiger partial charge in [0, 0.05) is 0 Å². The minimum Gasteiger partial charge on any atom is -0.385 e. The first-order chi connectivity index (χ1) is 5.13. The van der Waals surface area contributed by atoms with Crippen LogP contribution >= 0.6 is 0 Å². The van der Waals surface area contributed by atoms with Crippen molar-refractivity contribution in [3.05, 3.63) is 0 Å². The van der Waals surface area contributed by atoms with Crippen molar-refractivity contribution < 1.29 is 9.90 Å². The van der Waals surface area contributed by atoms with Crippen LogP contribution in [0.25, 0.3) is 0 Å². The van der Waals surface area contributed by atoms with Crippen LogP contribution in [-0.2, 0) is 4.79 Å². The molecule has 0 aromatic heterocycles. The molecular formula is C10H22O2. The first-order valence-corrected chi connectivity index (χ1v) is 4.32. The molecule has 0 fully saturated rings. The predicted octanol–water partition coefficient (Wildman–Crippen LogP) is 2.40. The Balaban J connectivity index is 0. The van der Waals surface area contributed by atoms with Crippen LogP contribution < -0.4 is 0 Å². The lowest BCUT2D eigenvalue weighted by atomic mass is 9.92. The molecule has 12 heavy (non-hydrogen) atoms. The van der Waals surface area contributed by atoms with Crippen molar-refractivity contribution in [3.63, 3.8) is 0 Å². The van der Waals surface area contributed by atoms with E-state index in [9.17, 15) is 9.90 Å². The lowest BCUT2D eigenvalue weighted by Crippen LogP contribution is -2.26. The number of aliphatic hydroxyl groups excluding tert-OH is 1. The maximum atomic E-state index is 10.8. The molecule has 0 radical (unpaired) electrons. The van der Waals surface area contributed by atoms with E-state index in [0.717, 1.165) is 19.3 Å². The Morgan fingerprint density at radius 3 is 2.17 bits per heavy atom. The van der Waals surface area contributed by atoms with Gasteiger partial charge in [0.05, 0.1) is 0 Å². The summed E-state index contributed by atoms with van der Waals surface area (Å²) in [4.78, 5) is 10.8. The van der Waals surface area contributed by atoms with Crippen LogP contribution in [0.4, 0.5) is 0 Å². The molecule has 2 nitrogen and oxygen atoms in total. The van der Waals surface area contributed by atoms with E-state index in [1.807, 2.05) is 6.92 Å². The molecule has 0 saturated carbocycles. The van der Waals surface area contributed by atoms with E-state index in [1.165, 1.54) is 6.92 Å². The molecule has 0 heterocycles. The van der Waals surface area contributed by atoms with Gasteiger partial charge in [-0.2, -0.15) is 0 Å². The zero-order chi connectivity index (χ0) is 8.85. The molecule has 0 aromatic carbocycles. The molecule has 0 aromatic rings. The van der Waals surface area contributed by atoms with Gasteiger partial charge in [0.1, 0.15) is 6.10 Å². The fourth-order valence-electron chi connectivity index (χ4n) is 1.29. The van der Waals surface area contributed by atoms with Crippen LogP contribution in [-0.4, -0.2) is 17.0 Å². The van der Waals surface area contributed by atoms with Crippen molar-refractivity contribution in [1.29, 1.82) is 0 Å². The zero-order valence-corrected chi connectivity index (χ0v) is 7.63. The van der Waals surface area contributed by atoms with Gasteiger partial charge >= 0.3 is 0 Å². The van der Waals surface area contributed by atoms with Gasteiger partial charge in [-0.3, -0.25) is 4.79 Å². The van der Waals surface area contributed by atoms with Crippen LogP contribution in [0.2, 0.25) is 0 Å². The Hall–Kier alpha value is -0.370. The Bertz CT molecular complexity index is 121. The summed E-state index contributed by atoms with van der Waals surface area (Å²) < 4.78 is 0. The van der Waals surface area contributed by atoms with Gasteiger partial charge in [-0.25, -0.2) is 0 Å². The standard InChI is InChI=1S/C9H18O2.CH4/c1-4-6-8(5-2)9(11)7(3)10;/h8-9,11H,4-6H2,1-3H3;1H4. The van der Waals surface area contributed by atoms with Crippen LogP contribution in [0.5, 0.6) is 0 Å². The Labute approximate surface area is 76.0 Å². The molecule has 2 unspecified atom stereocenters. The minimum absolute atomic E-state index is 0. The molecule has 0 spiro atoms. The third-order valence-electron chi connectivity index (χ3n) is 2.05. The number of Topliss-reactive ketones (excluding diaryl/α,β-unsaturated/α-hetero) is 1. The fraction of sp³-hybridized carbons (Fsp3) is 0.900. The Morgan fingerprint density at radius 1 is 1.42 bits per heavy atom. The lowest BCUT2D eigenvalue weighted by Gasteiger charge is -2.17. The molecule has 2 heteroatoms.